The first-order valence-electron chi connectivity index (χ1n) is 5.40. The molecule has 92 valence electrons. The van der Waals surface area contributed by atoms with Crippen LogP contribution in [0.1, 0.15) is 17.7 Å². The average molecular weight is 281 g/mol. The molecule has 0 aromatic carbocycles. The highest BCUT2D eigenvalue weighted by molar-refractivity contribution is 7.10. The van der Waals surface area contributed by atoms with E-state index in [1.54, 1.807) is 11.3 Å². The maximum absolute atomic E-state index is 5.91. The third-order valence-corrected chi connectivity index (χ3v) is 4.27. The van der Waals surface area contributed by atoms with Crippen molar-refractivity contribution in [2.24, 2.45) is 0 Å². The van der Waals surface area contributed by atoms with Crippen LogP contribution in [0.15, 0.2) is 11.4 Å². The largest absolute Gasteiger partial charge is 0.317 e. The molecule has 0 atom stereocenters. The number of nitrogens with one attached hydrogen (secondary N) is 1. The van der Waals surface area contributed by atoms with Crippen LogP contribution in [-0.4, -0.2) is 31.1 Å². The molecule has 0 saturated carbocycles. The second-order valence-electron chi connectivity index (χ2n) is 4.07. The van der Waals surface area contributed by atoms with Crippen LogP contribution in [-0.2, 0) is 6.54 Å². The summed E-state index contributed by atoms with van der Waals surface area (Å²) in [5.74, 6) is 0. The lowest BCUT2D eigenvalue weighted by molar-refractivity contribution is 0.196. The highest BCUT2D eigenvalue weighted by Crippen LogP contribution is 2.22. The molecule has 2 heterocycles. The zero-order valence-corrected chi connectivity index (χ0v) is 11.8. The number of rotatable bonds is 3. The SMILES string of the molecule is CNC1CCN(Cc2cc(Cl)cs2)CC1.Cl. The minimum atomic E-state index is 0. The second-order valence-corrected chi connectivity index (χ2v) is 5.50. The molecule has 0 spiro atoms. The molecular weight excluding hydrogens is 263 g/mol. The lowest BCUT2D eigenvalue weighted by Gasteiger charge is -2.31. The van der Waals surface area contributed by atoms with E-state index in [0.717, 1.165) is 11.6 Å². The van der Waals surface area contributed by atoms with Crippen molar-refractivity contribution in [3.63, 3.8) is 0 Å². The molecule has 2 rings (SSSR count). The first-order chi connectivity index (χ1) is 7.28. The molecule has 0 radical (unpaired) electrons. The number of hydrogen-bond acceptors (Lipinski definition) is 3. The quantitative estimate of drug-likeness (QED) is 0.916. The van der Waals surface area contributed by atoms with Gasteiger partial charge in [0.05, 0.1) is 5.02 Å². The van der Waals surface area contributed by atoms with E-state index in [9.17, 15) is 0 Å². The Morgan fingerprint density at radius 2 is 2.19 bits per heavy atom. The first kappa shape index (κ1) is 14.3. The van der Waals surface area contributed by atoms with Crippen molar-refractivity contribution >= 4 is 35.3 Å². The summed E-state index contributed by atoms with van der Waals surface area (Å²) in [6, 6.07) is 2.80. The number of likely N-dealkylation sites (tertiary alicyclic amines) is 1. The van der Waals surface area contributed by atoms with Gasteiger partial charge in [-0.25, -0.2) is 0 Å². The molecular formula is C11H18Cl2N2S. The van der Waals surface area contributed by atoms with Gasteiger partial charge in [0.25, 0.3) is 0 Å². The number of thiophene rings is 1. The fourth-order valence-corrected chi connectivity index (χ4v) is 3.15. The Bertz CT molecular complexity index is 309. The Labute approximate surface area is 112 Å². The van der Waals surface area contributed by atoms with Gasteiger partial charge in [-0.15, -0.1) is 23.7 Å². The van der Waals surface area contributed by atoms with Crippen LogP contribution in [0.25, 0.3) is 0 Å². The topological polar surface area (TPSA) is 15.3 Å². The summed E-state index contributed by atoms with van der Waals surface area (Å²) in [5, 5.41) is 6.23. The Kier molecular flexibility index (Phi) is 6.08. The van der Waals surface area contributed by atoms with Crippen molar-refractivity contribution in [1.29, 1.82) is 0 Å². The number of halogens is 2. The summed E-state index contributed by atoms with van der Waals surface area (Å²) in [7, 11) is 2.05. The van der Waals surface area contributed by atoms with Gasteiger partial charge in [-0.2, -0.15) is 0 Å². The molecule has 1 saturated heterocycles. The molecule has 1 N–H and O–H groups in total. The number of hydrogen-bond donors (Lipinski definition) is 1. The summed E-state index contributed by atoms with van der Waals surface area (Å²) < 4.78 is 0. The van der Waals surface area contributed by atoms with E-state index < -0.39 is 0 Å². The number of nitrogens with zero attached hydrogens (tertiary/aromatic N) is 1. The molecule has 2 nitrogen and oxygen atoms in total. The standard InChI is InChI=1S/C11H17ClN2S.ClH/c1-13-10-2-4-14(5-3-10)7-11-6-9(12)8-15-11;/h6,8,10,13H,2-5,7H2,1H3;1H. The van der Waals surface area contributed by atoms with E-state index in [0.29, 0.717) is 6.04 Å². The van der Waals surface area contributed by atoms with Gasteiger partial charge in [-0.3, -0.25) is 4.90 Å². The summed E-state index contributed by atoms with van der Waals surface area (Å²) in [5.41, 5.74) is 0. The Morgan fingerprint density at radius 1 is 1.50 bits per heavy atom. The van der Waals surface area contributed by atoms with E-state index >= 15 is 0 Å². The fourth-order valence-electron chi connectivity index (χ4n) is 2.04. The van der Waals surface area contributed by atoms with Crippen LogP contribution in [0.3, 0.4) is 0 Å². The van der Waals surface area contributed by atoms with Gasteiger partial charge < -0.3 is 5.32 Å². The van der Waals surface area contributed by atoms with Crippen molar-refractivity contribution in [3.05, 3.63) is 21.3 Å². The van der Waals surface area contributed by atoms with Gasteiger partial charge in [-0.05, 0) is 39.0 Å². The predicted molar refractivity (Wildman–Crippen MR) is 73.9 cm³/mol. The lowest BCUT2D eigenvalue weighted by Crippen LogP contribution is -2.40. The third-order valence-electron chi connectivity index (χ3n) is 3.00. The fraction of sp³-hybridized carbons (Fsp3) is 0.636. The van der Waals surface area contributed by atoms with E-state index in [1.807, 2.05) is 5.38 Å². The first-order valence-corrected chi connectivity index (χ1v) is 6.66. The van der Waals surface area contributed by atoms with Crippen LogP contribution in [0.4, 0.5) is 0 Å². The van der Waals surface area contributed by atoms with Crippen LogP contribution in [0, 0.1) is 0 Å². The predicted octanol–water partition coefficient (Wildman–Crippen LogP) is 3.01. The molecule has 1 aromatic rings. The van der Waals surface area contributed by atoms with E-state index in [1.165, 1.54) is 30.8 Å². The monoisotopic (exact) mass is 280 g/mol. The molecule has 1 aromatic heterocycles. The van der Waals surface area contributed by atoms with Gasteiger partial charge in [-0.1, -0.05) is 11.6 Å². The minimum absolute atomic E-state index is 0. The average Bonchev–Trinajstić information content (AvgIpc) is 2.65. The normalized spacial score (nSPS) is 18.4. The molecule has 1 aliphatic heterocycles. The molecule has 0 aliphatic carbocycles. The van der Waals surface area contributed by atoms with E-state index in [-0.39, 0.29) is 12.4 Å². The van der Waals surface area contributed by atoms with Gasteiger partial charge in [0.2, 0.25) is 0 Å². The lowest BCUT2D eigenvalue weighted by atomic mass is 10.1. The van der Waals surface area contributed by atoms with Crippen LogP contribution < -0.4 is 5.32 Å². The van der Waals surface area contributed by atoms with Crippen molar-refractivity contribution in [2.45, 2.75) is 25.4 Å². The summed E-state index contributed by atoms with van der Waals surface area (Å²) in [4.78, 5) is 3.89. The van der Waals surface area contributed by atoms with Crippen LogP contribution >= 0.6 is 35.3 Å². The maximum atomic E-state index is 5.91. The van der Waals surface area contributed by atoms with E-state index in [2.05, 4.69) is 23.3 Å². The van der Waals surface area contributed by atoms with Gasteiger partial charge in [0.1, 0.15) is 0 Å². The molecule has 0 unspecified atom stereocenters. The van der Waals surface area contributed by atoms with Crippen molar-refractivity contribution in [3.8, 4) is 0 Å². The Balaban J connectivity index is 0.00000128. The zero-order valence-electron chi connectivity index (χ0n) is 9.41. The van der Waals surface area contributed by atoms with Crippen LogP contribution in [0.2, 0.25) is 5.02 Å². The minimum Gasteiger partial charge on any atom is -0.317 e. The molecule has 5 heteroatoms. The van der Waals surface area contributed by atoms with Crippen molar-refractivity contribution in [2.75, 3.05) is 20.1 Å². The van der Waals surface area contributed by atoms with E-state index in [4.69, 9.17) is 11.6 Å². The summed E-state index contributed by atoms with van der Waals surface area (Å²) >= 11 is 7.67. The van der Waals surface area contributed by atoms with Crippen molar-refractivity contribution in [1.82, 2.24) is 10.2 Å². The zero-order chi connectivity index (χ0) is 10.7. The molecule has 1 fully saturated rings. The highest BCUT2D eigenvalue weighted by Gasteiger charge is 2.17. The highest BCUT2D eigenvalue weighted by atomic mass is 35.5. The second kappa shape index (κ2) is 6.82. The van der Waals surface area contributed by atoms with Crippen LogP contribution in [0.5, 0.6) is 0 Å². The molecule has 0 bridgehead atoms. The maximum Gasteiger partial charge on any atom is 0.0516 e. The molecule has 1 aliphatic rings. The molecule has 16 heavy (non-hydrogen) atoms. The van der Waals surface area contributed by atoms with Gasteiger partial charge >= 0.3 is 0 Å². The third kappa shape index (κ3) is 3.90. The Hall–Kier alpha value is 0.200. The van der Waals surface area contributed by atoms with Gasteiger partial charge in [0.15, 0.2) is 0 Å². The number of piperidine rings is 1. The Morgan fingerprint density at radius 3 is 2.69 bits per heavy atom. The summed E-state index contributed by atoms with van der Waals surface area (Å²) in [6.45, 7) is 3.45. The van der Waals surface area contributed by atoms with Gasteiger partial charge in [0, 0.05) is 22.8 Å². The van der Waals surface area contributed by atoms with Crippen molar-refractivity contribution < 1.29 is 0 Å². The molecule has 0 amide bonds. The summed E-state index contributed by atoms with van der Waals surface area (Å²) in [6.07, 6.45) is 2.52. The smallest absolute Gasteiger partial charge is 0.0516 e.